The fraction of sp³-hybridized carbons (Fsp3) is 0.310. The number of hydrogen-bond donors (Lipinski definition) is 1. The van der Waals surface area contributed by atoms with E-state index in [2.05, 4.69) is 17.1 Å². The molecule has 5 rings (SSSR count). The standard InChI is InChI=1S/C29H30FN3O4S/c1-20-8-6-7-16-32(20)17-15-31-28(34)21-13-14-27-25(18-21)33(19-22-9-2-4-11-24(22)30)29(35)23-10-3-5-12-26(23)38(27,36)37/h2-5,9-14,18,20H,6-8,15-17,19H2,1H3,(H,31,34)/t20-/m1/s1. The number of carbonyl (C=O) groups excluding carboxylic acids is 2. The van der Waals surface area contributed by atoms with Crippen molar-refractivity contribution in [3.8, 4) is 0 Å². The lowest BCUT2D eigenvalue weighted by molar-refractivity contribution is 0.0936. The van der Waals surface area contributed by atoms with Crippen LogP contribution in [0.3, 0.4) is 0 Å². The third-order valence-corrected chi connectivity index (χ3v) is 9.22. The summed E-state index contributed by atoms with van der Waals surface area (Å²) >= 11 is 0. The minimum absolute atomic E-state index is 0.00157. The van der Waals surface area contributed by atoms with Crippen LogP contribution in [0.15, 0.2) is 76.5 Å². The van der Waals surface area contributed by atoms with Gasteiger partial charge in [-0.3, -0.25) is 14.5 Å². The highest BCUT2D eigenvalue weighted by Crippen LogP contribution is 2.38. The minimum Gasteiger partial charge on any atom is -0.351 e. The fourth-order valence-electron chi connectivity index (χ4n) is 5.21. The third kappa shape index (κ3) is 4.96. The number of nitrogens with zero attached hydrogens (tertiary/aromatic N) is 2. The molecule has 1 fully saturated rings. The van der Waals surface area contributed by atoms with Gasteiger partial charge in [0.15, 0.2) is 0 Å². The fourth-order valence-corrected chi connectivity index (χ4v) is 6.84. The zero-order valence-corrected chi connectivity index (χ0v) is 22.0. The molecule has 0 unspecified atom stereocenters. The van der Waals surface area contributed by atoms with Crippen molar-refractivity contribution in [2.24, 2.45) is 0 Å². The molecule has 0 spiro atoms. The minimum atomic E-state index is -4.08. The van der Waals surface area contributed by atoms with E-state index in [0.29, 0.717) is 12.6 Å². The van der Waals surface area contributed by atoms with Crippen molar-refractivity contribution < 1.29 is 22.4 Å². The van der Waals surface area contributed by atoms with E-state index < -0.39 is 21.6 Å². The van der Waals surface area contributed by atoms with E-state index in [1.807, 2.05) is 0 Å². The van der Waals surface area contributed by atoms with Crippen molar-refractivity contribution >= 4 is 27.3 Å². The van der Waals surface area contributed by atoms with E-state index in [1.165, 1.54) is 47.7 Å². The molecule has 0 aromatic heterocycles. The quantitative estimate of drug-likeness (QED) is 0.505. The Bertz CT molecular complexity index is 1490. The van der Waals surface area contributed by atoms with Crippen molar-refractivity contribution in [2.75, 3.05) is 24.5 Å². The van der Waals surface area contributed by atoms with Crippen LogP contribution in [0.5, 0.6) is 0 Å². The normalized spacial score (nSPS) is 18.8. The molecule has 2 heterocycles. The summed E-state index contributed by atoms with van der Waals surface area (Å²) in [6, 6.07) is 16.7. The molecule has 2 aliphatic rings. The van der Waals surface area contributed by atoms with E-state index in [0.717, 1.165) is 25.9 Å². The van der Waals surface area contributed by atoms with E-state index >= 15 is 0 Å². The predicted octanol–water partition coefficient (Wildman–Crippen LogP) is 4.42. The van der Waals surface area contributed by atoms with Gasteiger partial charge in [-0.25, -0.2) is 12.8 Å². The van der Waals surface area contributed by atoms with Gasteiger partial charge in [0.05, 0.1) is 27.6 Å². The van der Waals surface area contributed by atoms with Crippen LogP contribution >= 0.6 is 0 Å². The maximum absolute atomic E-state index is 14.6. The zero-order chi connectivity index (χ0) is 26.9. The Morgan fingerprint density at radius 1 is 1.03 bits per heavy atom. The topological polar surface area (TPSA) is 86.8 Å². The molecular formula is C29H30FN3O4S. The van der Waals surface area contributed by atoms with Crippen LogP contribution < -0.4 is 10.2 Å². The first kappa shape index (κ1) is 26.1. The van der Waals surface area contributed by atoms with E-state index in [-0.39, 0.29) is 44.6 Å². The molecule has 1 saturated heterocycles. The Hall–Kier alpha value is -3.56. The van der Waals surface area contributed by atoms with Crippen LogP contribution in [0.4, 0.5) is 10.1 Å². The summed E-state index contributed by atoms with van der Waals surface area (Å²) < 4.78 is 41.9. The third-order valence-electron chi connectivity index (χ3n) is 7.37. The summed E-state index contributed by atoms with van der Waals surface area (Å²) in [5.74, 6) is -1.46. The Morgan fingerprint density at radius 3 is 2.58 bits per heavy atom. The molecule has 0 aliphatic carbocycles. The smallest absolute Gasteiger partial charge is 0.259 e. The molecule has 0 radical (unpaired) electrons. The average molecular weight is 536 g/mol. The van der Waals surface area contributed by atoms with Gasteiger partial charge in [0.25, 0.3) is 11.8 Å². The molecule has 3 aromatic rings. The maximum Gasteiger partial charge on any atom is 0.259 e. The monoisotopic (exact) mass is 535 g/mol. The van der Waals surface area contributed by atoms with Crippen LogP contribution in [0.1, 0.15) is 52.5 Å². The highest BCUT2D eigenvalue weighted by Gasteiger charge is 2.36. The summed E-state index contributed by atoms with van der Waals surface area (Å²) in [5, 5.41) is 2.92. The van der Waals surface area contributed by atoms with Crippen molar-refractivity contribution in [1.29, 1.82) is 0 Å². The van der Waals surface area contributed by atoms with Crippen LogP contribution in [0.2, 0.25) is 0 Å². The first-order valence-electron chi connectivity index (χ1n) is 12.8. The number of nitrogens with one attached hydrogen (secondary N) is 1. The second kappa shape index (κ2) is 10.7. The van der Waals surface area contributed by atoms with Gasteiger partial charge in [0, 0.05) is 30.3 Å². The van der Waals surface area contributed by atoms with Gasteiger partial charge in [-0.1, -0.05) is 36.8 Å². The molecule has 2 aliphatic heterocycles. The lowest BCUT2D eigenvalue weighted by atomic mass is 10.0. The number of likely N-dealkylation sites (tertiary alicyclic amines) is 1. The molecule has 198 valence electrons. The van der Waals surface area contributed by atoms with E-state index in [4.69, 9.17) is 0 Å². The van der Waals surface area contributed by atoms with Crippen LogP contribution in [0.25, 0.3) is 0 Å². The zero-order valence-electron chi connectivity index (χ0n) is 21.2. The Kier molecular flexibility index (Phi) is 7.32. The second-order valence-electron chi connectivity index (χ2n) is 9.80. The highest BCUT2D eigenvalue weighted by molar-refractivity contribution is 7.91. The van der Waals surface area contributed by atoms with Crippen molar-refractivity contribution in [3.05, 3.63) is 89.2 Å². The molecule has 2 amide bonds. The summed E-state index contributed by atoms with van der Waals surface area (Å²) in [6.45, 7) is 4.16. The number of anilines is 1. The summed E-state index contributed by atoms with van der Waals surface area (Å²) in [4.78, 5) is 30.1. The molecule has 9 heteroatoms. The molecule has 0 bridgehead atoms. The Balaban J connectivity index is 1.50. The molecule has 0 saturated carbocycles. The first-order valence-corrected chi connectivity index (χ1v) is 14.3. The summed E-state index contributed by atoms with van der Waals surface area (Å²) in [6.07, 6.45) is 3.50. The van der Waals surface area contributed by atoms with Crippen molar-refractivity contribution in [3.63, 3.8) is 0 Å². The molecule has 38 heavy (non-hydrogen) atoms. The van der Waals surface area contributed by atoms with Gasteiger partial charge in [0.2, 0.25) is 9.84 Å². The number of carbonyl (C=O) groups is 2. The van der Waals surface area contributed by atoms with Gasteiger partial charge >= 0.3 is 0 Å². The Morgan fingerprint density at radius 2 is 1.79 bits per heavy atom. The van der Waals surface area contributed by atoms with Crippen molar-refractivity contribution in [2.45, 2.75) is 48.6 Å². The maximum atomic E-state index is 14.6. The van der Waals surface area contributed by atoms with Crippen molar-refractivity contribution in [1.82, 2.24) is 10.2 Å². The molecule has 1 atom stereocenters. The highest BCUT2D eigenvalue weighted by atomic mass is 32.2. The largest absolute Gasteiger partial charge is 0.351 e. The first-order chi connectivity index (χ1) is 18.3. The summed E-state index contributed by atoms with van der Waals surface area (Å²) in [7, 11) is -4.08. The van der Waals surface area contributed by atoms with Gasteiger partial charge in [-0.2, -0.15) is 0 Å². The number of rotatable bonds is 6. The van der Waals surface area contributed by atoms with Crippen LogP contribution in [0, 0.1) is 5.82 Å². The Labute approximate surface area is 222 Å². The molecule has 1 N–H and O–H groups in total. The number of benzene rings is 3. The van der Waals surface area contributed by atoms with E-state index in [1.54, 1.807) is 30.3 Å². The molecular weight excluding hydrogens is 505 g/mol. The number of fused-ring (bicyclic) bond motifs is 2. The van der Waals surface area contributed by atoms with Gasteiger partial charge in [0.1, 0.15) is 5.82 Å². The number of hydrogen-bond acceptors (Lipinski definition) is 5. The number of amides is 2. The predicted molar refractivity (Wildman–Crippen MR) is 142 cm³/mol. The lowest BCUT2D eigenvalue weighted by Gasteiger charge is -2.33. The van der Waals surface area contributed by atoms with Crippen LogP contribution in [-0.2, 0) is 16.4 Å². The summed E-state index contributed by atoms with van der Waals surface area (Å²) in [5.41, 5.74) is 0.505. The lowest BCUT2D eigenvalue weighted by Crippen LogP contribution is -2.42. The molecule has 3 aromatic carbocycles. The van der Waals surface area contributed by atoms with Crippen LogP contribution in [-0.4, -0.2) is 50.8 Å². The van der Waals surface area contributed by atoms with Gasteiger partial charge in [-0.15, -0.1) is 0 Å². The SMILES string of the molecule is C[C@@H]1CCCCN1CCNC(=O)c1ccc2c(c1)N(Cc1ccccc1F)C(=O)c1ccccc1S2(=O)=O. The number of halogens is 1. The second-order valence-corrected chi connectivity index (χ2v) is 11.7. The molecule has 7 nitrogen and oxygen atoms in total. The number of sulfone groups is 1. The average Bonchev–Trinajstić information content (AvgIpc) is 2.98. The van der Waals surface area contributed by atoms with Gasteiger partial charge in [-0.05, 0) is 62.7 Å². The number of piperidine rings is 1. The van der Waals surface area contributed by atoms with E-state index in [9.17, 15) is 22.4 Å². The van der Waals surface area contributed by atoms with Gasteiger partial charge < -0.3 is 10.2 Å².